The van der Waals surface area contributed by atoms with Gasteiger partial charge in [-0.3, -0.25) is 4.79 Å². The first-order valence-corrected chi connectivity index (χ1v) is 5.39. The highest BCUT2D eigenvalue weighted by molar-refractivity contribution is 9.10. The fraction of sp³-hybridized carbons (Fsp3) is 0.0909. The lowest BCUT2D eigenvalue weighted by atomic mass is 10.2. The number of rotatable bonds is 3. The molecule has 2 aromatic rings. The fourth-order valence-electron chi connectivity index (χ4n) is 1.37. The van der Waals surface area contributed by atoms with E-state index >= 15 is 0 Å². The summed E-state index contributed by atoms with van der Waals surface area (Å²) in [4.78, 5) is 14.3. The number of hydrogen-bond acceptors (Lipinski definition) is 2. The van der Waals surface area contributed by atoms with Crippen LogP contribution in [-0.4, -0.2) is 15.8 Å². The number of nitrogens with zero attached hydrogens (tertiary/aromatic N) is 2. The minimum atomic E-state index is -0.283. The number of carbonyl (C=O) groups excluding carboxylic acids is 1. The van der Waals surface area contributed by atoms with Crippen LogP contribution >= 0.6 is 15.9 Å². The molecule has 5 heteroatoms. The molecule has 0 spiro atoms. The molecule has 0 bridgehead atoms. The molecule has 82 valence electrons. The highest BCUT2D eigenvalue weighted by Crippen LogP contribution is 2.19. The summed E-state index contributed by atoms with van der Waals surface area (Å²) in [6, 6.07) is 4.50. The third kappa shape index (κ3) is 2.36. The molecular formula is C11H8BrFN2O. The summed E-state index contributed by atoms with van der Waals surface area (Å²) in [6.07, 6.45) is 3.90. The maximum Gasteiger partial charge on any atom is 0.169 e. The molecule has 1 aromatic heterocycles. The van der Waals surface area contributed by atoms with Crippen molar-refractivity contribution in [1.82, 2.24) is 9.55 Å². The number of hydrogen-bond donors (Lipinski definition) is 0. The van der Waals surface area contributed by atoms with Crippen LogP contribution in [0.2, 0.25) is 0 Å². The van der Waals surface area contributed by atoms with Crippen molar-refractivity contribution >= 4 is 22.2 Å². The Labute approximate surface area is 100 Å². The van der Waals surface area contributed by atoms with Gasteiger partial charge in [0.2, 0.25) is 0 Å². The van der Waals surface area contributed by atoms with Crippen LogP contribution in [0.15, 0.2) is 35.2 Å². The molecule has 0 N–H and O–H groups in total. The Bertz CT molecular complexity index is 524. The van der Waals surface area contributed by atoms with Crippen LogP contribution in [0.4, 0.5) is 4.39 Å². The van der Waals surface area contributed by atoms with Crippen LogP contribution in [0.25, 0.3) is 0 Å². The highest BCUT2D eigenvalue weighted by atomic mass is 79.9. The molecule has 0 aliphatic carbocycles. The molecule has 2 rings (SSSR count). The van der Waals surface area contributed by atoms with Gasteiger partial charge in [0.15, 0.2) is 6.29 Å². The topological polar surface area (TPSA) is 34.9 Å². The van der Waals surface area contributed by atoms with Crippen LogP contribution in [0.1, 0.15) is 16.1 Å². The van der Waals surface area contributed by atoms with E-state index in [0.29, 0.717) is 23.0 Å². The second-order valence-electron chi connectivity index (χ2n) is 3.32. The third-order valence-electron chi connectivity index (χ3n) is 2.14. The van der Waals surface area contributed by atoms with Crippen LogP contribution in [-0.2, 0) is 6.54 Å². The Morgan fingerprint density at radius 1 is 1.50 bits per heavy atom. The molecule has 0 aliphatic rings. The van der Waals surface area contributed by atoms with Gasteiger partial charge in [0.1, 0.15) is 11.5 Å². The number of imidazole rings is 1. The molecule has 0 saturated heterocycles. The number of aldehydes is 1. The SMILES string of the molecule is O=Cc1cn(Cc2ccc(F)cc2Br)cn1. The molecular weight excluding hydrogens is 275 g/mol. The van der Waals surface area contributed by atoms with E-state index in [4.69, 9.17) is 0 Å². The Morgan fingerprint density at radius 2 is 2.31 bits per heavy atom. The molecule has 1 aromatic carbocycles. The summed E-state index contributed by atoms with van der Waals surface area (Å²) in [5, 5.41) is 0. The van der Waals surface area contributed by atoms with Crippen molar-refractivity contribution in [3.05, 3.63) is 52.3 Å². The molecule has 0 atom stereocenters. The van der Waals surface area contributed by atoms with Crippen molar-refractivity contribution in [1.29, 1.82) is 0 Å². The van der Waals surface area contributed by atoms with E-state index in [-0.39, 0.29) is 5.82 Å². The summed E-state index contributed by atoms with van der Waals surface area (Å²) in [6.45, 7) is 0.543. The lowest BCUT2D eigenvalue weighted by Crippen LogP contribution is -1.97. The Kier molecular flexibility index (Phi) is 3.14. The largest absolute Gasteiger partial charge is 0.332 e. The summed E-state index contributed by atoms with van der Waals surface area (Å²) in [5.74, 6) is -0.283. The second-order valence-corrected chi connectivity index (χ2v) is 4.18. The van der Waals surface area contributed by atoms with E-state index < -0.39 is 0 Å². The molecule has 0 amide bonds. The predicted molar refractivity (Wildman–Crippen MR) is 60.8 cm³/mol. The van der Waals surface area contributed by atoms with E-state index in [1.54, 1.807) is 23.2 Å². The molecule has 0 unspecified atom stereocenters. The van der Waals surface area contributed by atoms with Gasteiger partial charge >= 0.3 is 0 Å². The second kappa shape index (κ2) is 4.57. The molecule has 0 saturated carbocycles. The number of carbonyl (C=O) groups is 1. The van der Waals surface area contributed by atoms with Gasteiger partial charge in [-0.2, -0.15) is 0 Å². The Balaban J connectivity index is 2.23. The molecule has 1 heterocycles. The fourth-order valence-corrected chi connectivity index (χ4v) is 1.85. The van der Waals surface area contributed by atoms with Gasteiger partial charge in [-0.15, -0.1) is 0 Å². The minimum absolute atomic E-state index is 0.283. The average molecular weight is 283 g/mol. The normalized spacial score (nSPS) is 10.4. The summed E-state index contributed by atoms with van der Waals surface area (Å²) in [7, 11) is 0. The first kappa shape index (κ1) is 11.0. The Morgan fingerprint density at radius 3 is 2.94 bits per heavy atom. The van der Waals surface area contributed by atoms with Crippen molar-refractivity contribution in [3.8, 4) is 0 Å². The zero-order chi connectivity index (χ0) is 11.5. The quantitative estimate of drug-likeness (QED) is 0.812. The third-order valence-corrected chi connectivity index (χ3v) is 2.88. The molecule has 16 heavy (non-hydrogen) atoms. The van der Waals surface area contributed by atoms with Crippen LogP contribution in [0.3, 0.4) is 0 Å². The van der Waals surface area contributed by atoms with E-state index in [2.05, 4.69) is 20.9 Å². The first-order chi connectivity index (χ1) is 7.69. The van der Waals surface area contributed by atoms with Crippen molar-refractivity contribution in [2.75, 3.05) is 0 Å². The van der Waals surface area contributed by atoms with Gasteiger partial charge < -0.3 is 4.57 Å². The van der Waals surface area contributed by atoms with Gasteiger partial charge in [-0.25, -0.2) is 9.37 Å². The monoisotopic (exact) mass is 282 g/mol. The van der Waals surface area contributed by atoms with Crippen LogP contribution in [0.5, 0.6) is 0 Å². The van der Waals surface area contributed by atoms with Crippen LogP contribution in [0, 0.1) is 5.82 Å². The number of aromatic nitrogens is 2. The van der Waals surface area contributed by atoms with Crippen LogP contribution < -0.4 is 0 Å². The lowest BCUT2D eigenvalue weighted by Gasteiger charge is -2.04. The van der Waals surface area contributed by atoms with Crippen molar-refractivity contribution < 1.29 is 9.18 Å². The van der Waals surface area contributed by atoms with Gasteiger partial charge in [0, 0.05) is 17.2 Å². The first-order valence-electron chi connectivity index (χ1n) is 4.60. The average Bonchev–Trinajstić information content (AvgIpc) is 2.70. The minimum Gasteiger partial charge on any atom is -0.332 e. The van der Waals surface area contributed by atoms with E-state index in [1.807, 2.05) is 0 Å². The van der Waals surface area contributed by atoms with E-state index in [9.17, 15) is 9.18 Å². The van der Waals surface area contributed by atoms with E-state index in [1.165, 1.54) is 12.1 Å². The van der Waals surface area contributed by atoms with Gasteiger partial charge in [-0.05, 0) is 17.7 Å². The van der Waals surface area contributed by atoms with Crippen molar-refractivity contribution in [3.63, 3.8) is 0 Å². The van der Waals surface area contributed by atoms with Gasteiger partial charge in [-0.1, -0.05) is 22.0 Å². The zero-order valence-electron chi connectivity index (χ0n) is 8.23. The smallest absolute Gasteiger partial charge is 0.169 e. The predicted octanol–water partition coefficient (Wildman–Crippen LogP) is 2.65. The van der Waals surface area contributed by atoms with Gasteiger partial charge in [0.25, 0.3) is 0 Å². The zero-order valence-corrected chi connectivity index (χ0v) is 9.82. The van der Waals surface area contributed by atoms with Crippen molar-refractivity contribution in [2.45, 2.75) is 6.54 Å². The van der Waals surface area contributed by atoms with E-state index in [0.717, 1.165) is 5.56 Å². The molecule has 0 aliphatic heterocycles. The maximum atomic E-state index is 12.8. The number of benzene rings is 1. The summed E-state index contributed by atoms with van der Waals surface area (Å²) < 4.78 is 15.3. The van der Waals surface area contributed by atoms with Crippen molar-refractivity contribution in [2.24, 2.45) is 0 Å². The molecule has 0 radical (unpaired) electrons. The summed E-state index contributed by atoms with van der Waals surface area (Å²) >= 11 is 3.29. The maximum absolute atomic E-state index is 12.8. The Hall–Kier alpha value is -1.49. The number of halogens is 2. The standard InChI is InChI=1S/C11H8BrFN2O/c12-11-3-9(13)2-1-8(11)4-15-5-10(6-16)14-7-15/h1-3,5-7H,4H2. The highest BCUT2D eigenvalue weighted by Gasteiger charge is 2.03. The summed E-state index contributed by atoms with van der Waals surface area (Å²) in [5.41, 5.74) is 1.31. The molecule has 0 fully saturated rings. The molecule has 3 nitrogen and oxygen atoms in total. The van der Waals surface area contributed by atoms with Gasteiger partial charge in [0.05, 0.1) is 6.33 Å². The lowest BCUT2D eigenvalue weighted by molar-refractivity contribution is 0.111.